The normalized spacial score (nSPS) is 22.9. The van der Waals surface area contributed by atoms with E-state index in [1.807, 2.05) is 0 Å². The number of nitrogens with one attached hydrogen (secondary N) is 1. The lowest BCUT2D eigenvalue weighted by Gasteiger charge is -2.35. The molecule has 1 unspecified atom stereocenters. The predicted octanol–water partition coefficient (Wildman–Crippen LogP) is 1.88. The van der Waals surface area contributed by atoms with Crippen molar-refractivity contribution in [1.29, 1.82) is 0 Å². The van der Waals surface area contributed by atoms with Gasteiger partial charge in [0.05, 0.1) is 12.7 Å². The zero-order chi connectivity index (χ0) is 11.8. The van der Waals surface area contributed by atoms with Crippen molar-refractivity contribution in [3.63, 3.8) is 0 Å². The van der Waals surface area contributed by atoms with Gasteiger partial charge >= 0.3 is 0 Å². The van der Waals surface area contributed by atoms with Gasteiger partial charge in [-0.2, -0.15) is 0 Å². The molecule has 16 heavy (non-hydrogen) atoms. The molecule has 1 aliphatic heterocycles. The largest absolute Gasteiger partial charge is 0.374 e. The Balaban J connectivity index is 2.07. The molecule has 0 bridgehead atoms. The van der Waals surface area contributed by atoms with Crippen LogP contribution < -0.4 is 5.32 Å². The maximum Gasteiger partial charge on any atom is 0.0826 e. The molecule has 0 aromatic heterocycles. The molecule has 0 amide bonds. The van der Waals surface area contributed by atoms with Crippen LogP contribution in [-0.2, 0) is 4.74 Å². The van der Waals surface area contributed by atoms with Gasteiger partial charge < -0.3 is 10.1 Å². The molecule has 0 aliphatic carbocycles. The van der Waals surface area contributed by atoms with Crippen LogP contribution in [0.25, 0.3) is 0 Å². The van der Waals surface area contributed by atoms with Crippen LogP contribution in [-0.4, -0.2) is 49.8 Å². The third kappa shape index (κ3) is 5.28. The average Bonchev–Trinajstić information content (AvgIpc) is 2.29. The van der Waals surface area contributed by atoms with E-state index in [9.17, 15) is 0 Å². The topological polar surface area (TPSA) is 24.5 Å². The molecule has 1 saturated heterocycles. The molecule has 0 spiro atoms. The first-order valence-corrected chi connectivity index (χ1v) is 6.80. The summed E-state index contributed by atoms with van der Waals surface area (Å²) in [5.74, 6) is 0. The Labute approximate surface area is 101 Å². The Kier molecular flexibility index (Phi) is 7.01. The van der Waals surface area contributed by atoms with E-state index in [1.165, 1.54) is 19.3 Å². The van der Waals surface area contributed by atoms with Crippen LogP contribution in [0, 0.1) is 0 Å². The summed E-state index contributed by atoms with van der Waals surface area (Å²) in [5, 5.41) is 3.50. The number of morpholine rings is 1. The lowest BCUT2D eigenvalue weighted by Crippen LogP contribution is -2.49. The minimum Gasteiger partial charge on any atom is -0.374 e. The first kappa shape index (κ1) is 13.9. The van der Waals surface area contributed by atoms with E-state index in [-0.39, 0.29) is 0 Å². The summed E-state index contributed by atoms with van der Waals surface area (Å²) in [6.45, 7) is 12.0. The summed E-state index contributed by atoms with van der Waals surface area (Å²) in [6.07, 6.45) is 4.30. The van der Waals surface area contributed by atoms with E-state index in [0.29, 0.717) is 12.1 Å². The van der Waals surface area contributed by atoms with E-state index >= 15 is 0 Å². The fourth-order valence-corrected chi connectivity index (χ4v) is 2.10. The molecule has 0 saturated carbocycles. The lowest BCUT2D eigenvalue weighted by molar-refractivity contribution is -0.0370. The third-order valence-electron chi connectivity index (χ3n) is 3.23. The summed E-state index contributed by atoms with van der Waals surface area (Å²) in [6, 6.07) is 0.645. The Morgan fingerprint density at radius 2 is 2.19 bits per heavy atom. The standard InChI is InChI=1S/C13H28N2O/c1-4-5-6-7-14-10-13-11-15(12(2)3)8-9-16-13/h12-14H,4-11H2,1-3H3. The van der Waals surface area contributed by atoms with Gasteiger partial charge in [-0.25, -0.2) is 0 Å². The second-order valence-corrected chi connectivity index (χ2v) is 4.99. The molecule has 1 fully saturated rings. The highest BCUT2D eigenvalue weighted by Crippen LogP contribution is 2.07. The Bertz CT molecular complexity index is 173. The van der Waals surface area contributed by atoms with Crippen molar-refractivity contribution in [3.8, 4) is 0 Å². The molecule has 0 radical (unpaired) electrons. The number of rotatable bonds is 7. The van der Waals surface area contributed by atoms with E-state index in [4.69, 9.17) is 4.74 Å². The van der Waals surface area contributed by atoms with Crippen molar-refractivity contribution in [2.75, 3.05) is 32.8 Å². The second kappa shape index (κ2) is 8.04. The summed E-state index contributed by atoms with van der Waals surface area (Å²) >= 11 is 0. The van der Waals surface area contributed by atoms with Gasteiger partial charge in [-0.3, -0.25) is 4.90 Å². The molecule has 1 N–H and O–H groups in total. The SMILES string of the molecule is CCCCCNCC1CN(C(C)C)CCO1. The predicted molar refractivity (Wildman–Crippen MR) is 68.8 cm³/mol. The van der Waals surface area contributed by atoms with Crippen LogP contribution in [0.5, 0.6) is 0 Å². The number of ether oxygens (including phenoxy) is 1. The quantitative estimate of drug-likeness (QED) is 0.673. The summed E-state index contributed by atoms with van der Waals surface area (Å²) in [4.78, 5) is 2.50. The summed E-state index contributed by atoms with van der Waals surface area (Å²) in [7, 11) is 0. The van der Waals surface area contributed by atoms with E-state index in [1.54, 1.807) is 0 Å². The van der Waals surface area contributed by atoms with Crippen molar-refractivity contribution >= 4 is 0 Å². The zero-order valence-corrected chi connectivity index (χ0v) is 11.2. The minimum absolute atomic E-state index is 0.387. The Morgan fingerprint density at radius 3 is 2.88 bits per heavy atom. The molecule has 0 aromatic rings. The lowest BCUT2D eigenvalue weighted by atomic mass is 10.2. The molecule has 1 heterocycles. The van der Waals surface area contributed by atoms with Crippen molar-refractivity contribution in [2.24, 2.45) is 0 Å². The van der Waals surface area contributed by atoms with Crippen LogP contribution in [0.15, 0.2) is 0 Å². The van der Waals surface area contributed by atoms with Gasteiger partial charge in [0.15, 0.2) is 0 Å². The first-order valence-electron chi connectivity index (χ1n) is 6.80. The van der Waals surface area contributed by atoms with Crippen LogP contribution in [0.1, 0.15) is 40.0 Å². The van der Waals surface area contributed by atoms with Crippen LogP contribution >= 0.6 is 0 Å². The maximum atomic E-state index is 5.76. The molecule has 96 valence electrons. The van der Waals surface area contributed by atoms with E-state index < -0.39 is 0 Å². The monoisotopic (exact) mass is 228 g/mol. The van der Waals surface area contributed by atoms with Gasteiger partial charge in [0, 0.05) is 25.7 Å². The van der Waals surface area contributed by atoms with Gasteiger partial charge in [-0.05, 0) is 26.8 Å². The fraction of sp³-hybridized carbons (Fsp3) is 1.00. The first-order chi connectivity index (χ1) is 7.74. The van der Waals surface area contributed by atoms with Gasteiger partial charge in [0.2, 0.25) is 0 Å². The van der Waals surface area contributed by atoms with Crippen molar-refractivity contribution in [1.82, 2.24) is 10.2 Å². The van der Waals surface area contributed by atoms with Crippen LogP contribution in [0.4, 0.5) is 0 Å². The number of hydrogen-bond donors (Lipinski definition) is 1. The van der Waals surface area contributed by atoms with Crippen LogP contribution in [0.3, 0.4) is 0 Å². The zero-order valence-electron chi connectivity index (χ0n) is 11.2. The molecular formula is C13H28N2O. The van der Waals surface area contributed by atoms with Crippen molar-refractivity contribution in [2.45, 2.75) is 52.2 Å². The van der Waals surface area contributed by atoms with Crippen molar-refractivity contribution in [3.05, 3.63) is 0 Å². The number of nitrogens with zero attached hydrogens (tertiary/aromatic N) is 1. The molecule has 3 heteroatoms. The van der Waals surface area contributed by atoms with Gasteiger partial charge in [-0.1, -0.05) is 19.8 Å². The summed E-state index contributed by atoms with van der Waals surface area (Å²) < 4.78 is 5.76. The van der Waals surface area contributed by atoms with Gasteiger partial charge in [-0.15, -0.1) is 0 Å². The molecule has 1 rings (SSSR count). The van der Waals surface area contributed by atoms with Gasteiger partial charge in [0.25, 0.3) is 0 Å². The highest BCUT2D eigenvalue weighted by atomic mass is 16.5. The smallest absolute Gasteiger partial charge is 0.0826 e. The van der Waals surface area contributed by atoms with Gasteiger partial charge in [0.1, 0.15) is 0 Å². The maximum absolute atomic E-state index is 5.76. The molecule has 1 aliphatic rings. The Hall–Kier alpha value is -0.120. The van der Waals surface area contributed by atoms with Crippen LogP contribution in [0.2, 0.25) is 0 Å². The molecule has 1 atom stereocenters. The number of unbranched alkanes of at least 4 members (excludes halogenated alkanes) is 2. The summed E-state index contributed by atoms with van der Waals surface area (Å²) in [5.41, 5.74) is 0. The van der Waals surface area contributed by atoms with E-state index in [2.05, 4.69) is 31.0 Å². The fourth-order valence-electron chi connectivity index (χ4n) is 2.10. The molecule has 0 aromatic carbocycles. The van der Waals surface area contributed by atoms with E-state index in [0.717, 1.165) is 32.8 Å². The van der Waals surface area contributed by atoms with Crippen molar-refractivity contribution < 1.29 is 4.74 Å². The number of hydrogen-bond acceptors (Lipinski definition) is 3. The third-order valence-corrected chi connectivity index (χ3v) is 3.23. The second-order valence-electron chi connectivity index (χ2n) is 4.99. The highest BCUT2D eigenvalue weighted by Gasteiger charge is 2.21. The highest BCUT2D eigenvalue weighted by molar-refractivity contribution is 4.75. The molecular weight excluding hydrogens is 200 g/mol. The molecule has 3 nitrogen and oxygen atoms in total. The average molecular weight is 228 g/mol. The minimum atomic E-state index is 0.387. The Morgan fingerprint density at radius 1 is 1.38 bits per heavy atom.